The molecule has 0 spiro atoms. The molecule has 1 heterocycles. The Morgan fingerprint density at radius 2 is 1.55 bits per heavy atom. The second kappa shape index (κ2) is 4.50. The molecular formula is C14H18BF3O2. The van der Waals surface area contributed by atoms with Crippen molar-refractivity contribution in [2.24, 2.45) is 0 Å². The second-order valence-electron chi connectivity index (χ2n) is 6.19. The lowest BCUT2D eigenvalue weighted by molar-refractivity contribution is 0.00578. The van der Waals surface area contributed by atoms with Crippen molar-refractivity contribution in [1.29, 1.82) is 0 Å². The zero-order valence-electron chi connectivity index (χ0n) is 12.3. The average molecular weight is 286 g/mol. The molecule has 0 saturated carbocycles. The standard InChI is InChI=1S/C14H18BF3O2/c1-12(2)13(3,4)20-15(19-12)10-8-6-7-9(11(10)16)14(5,17)18/h6-8H,1-5H3. The van der Waals surface area contributed by atoms with Crippen LogP contribution in [-0.4, -0.2) is 18.3 Å². The molecule has 0 N–H and O–H groups in total. The average Bonchev–Trinajstić information content (AvgIpc) is 2.46. The van der Waals surface area contributed by atoms with Crippen LogP contribution in [0, 0.1) is 5.82 Å². The van der Waals surface area contributed by atoms with Gasteiger partial charge >= 0.3 is 7.12 Å². The Balaban J connectivity index is 2.42. The molecule has 2 rings (SSSR count). The van der Waals surface area contributed by atoms with E-state index in [2.05, 4.69) is 0 Å². The van der Waals surface area contributed by atoms with Crippen LogP contribution in [0.4, 0.5) is 13.2 Å². The first-order valence-corrected chi connectivity index (χ1v) is 6.48. The minimum absolute atomic E-state index is 0.00248. The molecule has 0 amide bonds. The molecule has 1 aliphatic heterocycles. The van der Waals surface area contributed by atoms with Crippen LogP contribution in [0.1, 0.15) is 40.2 Å². The summed E-state index contributed by atoms with van der Waals surface area (Å²) in [4.78, 5) is 0. The van der Waals surface area contributed by atoms with Crippen LogP contribution in [0.5, 0.6) is 0 Å². The van der Waals surface area contributed by atoms with Crippen molar-refractivity contribution >= 4 is 12.6 Å². The van der Waals surface area contributed by atoms with E-state index in [1.54, 1.807) is 0 Å². The van der Waals surface area contributed by atoms with Gasteiger partial charge in [0.1, 0.15) is 5.82 Å². The van der Waals surface area contributed by atoms with E-state index < -0.39 is 35.6 Å². The molecule has 0 unspecified atom stereocenters. The number of alkyl halides is 2. The lowest BCUT2D eigenvalue weighted by Crippen LogP contribution is -2.41. The number of hydrogen-bond acceptors (Lipinski definition) is 2. The molecule has 0 aromatic heterocycles. The molecule has 110 valence electrons. The van der Waals surface area contributed by atoms with Gasteiger partial charge in [0.05, 0.1) is 16.8 Å². The first-order chi connectivity index (χ1) is 8.96. The van der Waals surface area contributed by atoms with Gasteiger partial charge in [0.15, 0.2) is 0 Å². The second-order valence-corrected chi connectivity index (χ2v) is 6.19. The van der Waals surface area contributed by atoms with Gasteiger partial charge in [-0.25, -0.2) is 13.2 Å². The summed E-state index contributed by atoms with van der Waals surface area (Å²) in [5, 5.41) is 0. The van der Waals surface area contributed by atoms with Gasteiger partial charge in [-0.3, -0.25) is 0 Å². The number of benzene rings is 1. The smallest absolute Gasteiger partial charge is 0.399 e. The van der Waals surface area contributed by atoms with Crippen molar-refractivity contribution in [3.8, 4) is 0 Å². The van der Waals surface area contributed by atoms with Gasteiger partial charge in [-0.2, -0.15) is 0 Å². The fourth-order valence-corrected chi connectivity index (χ4v) is 2.04. The van der Waals surface area contributed by atoms with Gasteiger partial charge in [-0.05, 0) is 27.7 Å². The van der Waals surface area contributed by atoms with Crippen LogP contribution in [0.2, 0.25) is 0 Å². The summed E-state index contributed by atoms with van der Waals surface area (Å²) in [6.07, 6.45) is 0. The SMILES string of the molecule is CC(F)(F)c1cccc(B2OC(C)(C)C(C)(C)O2)c1F. The molecule has 0 aliphatic carbocycles. The van der Waals surface area contributed by atoms with Crippen LogP contribution in [-0.2, 0) is 15.2 Å². The summed E-state index contributed by atoms with van der Waals surface area (Å²) in [6.45, 7) is 7.96. The van der Waals surface area contributed by atoms with E-state index in [4.69, 9.17) is 9.31 Å². The first-order valence-electron chi connectivity index (χ1n) is 6.48. The lowest BCUT2D eigenvalue weighted by atomic mass is 9.77. The molecule has 1 fully saturated rings. The lowest BCUT2D eigenvalue weighted by Gasteiger charge is -2.32. The molecule has 1 saturated heterocycles. The molecule has 20 heavy (non-hydrogen) atoms. The summed E-state index contributed by atoms with van der Waals surface area (Å²) in [5.41, 5.74) is -1.93. The number of halogens is 3. The molecule has 0 bridgehead atoms. The summed E-state index contributed by atoms with van der Waals surface area (Å²) >= 11 is 0. The van der Waals surface area contributed by atoms with E-state index in [-0.39, 0.29) is 5.46 Å². The molecule has 1 aliphatic rings. The maximum Gasteiger partial charge on any atom is 0.497 e. The largest absolute Gasteiger partial charge is 0.497 e. The van der Waals surface area contributed by atoms with E-state index in [1.165, 1.54) is 12.1 Å². The van der Waals surface area contributed by atoms with E-state index in [9.17, 15) is 13.2 Å². The van der Waals surface area contributed by atoms with Gasteiger partial charge in [0.2, 0.25) is 0 Å². The van der Waals surface area contributed by atoms with Crippen LogP contribution in [0.15, 0.2) is 18.2 Å². The van der Waals surface area contributed by atoms with Crippen LogP contribution < -0.4 is 5.46 Å². The third kappa shape index (κ3) is 2.47. The molecular weight excluding hydrogens is 268 g/mol. The van der Waals surface area contributed by atoms with Gasteiger partial charge in [0, 0.05) is 12.4 Å². The fourth-order valence-electron chi connectivity index (χ4n) is 2.04. The van der Waals surface area contributed by atoms with Gasteiger partial charge in [-0.1, -0.05) is 18.2 Å². The van der Waals surface area contributed by atoms with Crippen molar-refractivity contribution in [2.75, 3.05) is 0 Å². The Kier molecular flexibility index (Phi) is 3.46. The van der Waals surface area contributed by atoms with Crippen LogP contribution in [0.3, 0.4) is 0 Å². The maximum atomic E-state index is 14.3. The van der Waals surface area contributed by atoms with E-state index in [0.717, 1.165) is 6.07 Å². The van der Waals surface area contributed by atoms with Crippen LogP contribution >= 0.6 is 0 Å². The zero-order chi connectivity index (χ0) is 15.3. The number of hydrogen-bond donors (Lipinski definition) is 0. The monoisotopic (exact) mass is 286 g/mol. The normalized spacial score (nSPS) is 21.3. The van der Waals surface area contributed by atoms with Crippen molar-refractivity contribution in [3.63, 3.8) is 0 Å². The van der Waals surface area contributed by atoms with Crippen molar-refractivity contribution < 1.29 is 22.5 Å². The minimum Gasteiger partial charge on any atom is -0.399 e. The summed E-state index contributed by atoms with van der Waals surface area (Å²) in [6, 6.07) is 3.87. The molecule has 1 aromatic rings. The third-order valence-electron chi connectivity index (χ3n) is 4.01. The molecule has 2 nitrogen and oxygen atoms in total. The van der Waals surface area contributed by atoms with Crippen molar-refractivity contribution in [1.82, 2.24) is 0 Å². The zero-order valence-corrected chi connectivity index (χ0v) is 12.3. The fraction of sp³-hybridized carbons (Fsp3) is 0.571. The van der Waals surface area contributed by atoms with Gasteiger partial charge in [-0.15, -0.1) is 0 Å². The highest BCUT2D eigenvalue weighted by molar-refractivity contribution is 6.62. The van der Waals surface area contributed by atoms with E-state index >= 15 is 0 Å². The van der Waals surface area contributed by atoms with Crippen molar-refractivity contribution in [2.45, 2.75) is 51.7 Å². The Morgan fingerprint density at radius 1 is 1.05 bits per heavy atom. The minimum atomic E-state index is -3.25. The topological polar surface area (TPSA) is 18.5 Å². The summed E-state index contributed by atoms with van der Waals surface area (Å²) in [5.74, 6) is -4.22. The Bertz CT molecular complexity index is 508. The predicted molar refractivity (Wildman–Crippen MR) is 71.7 cm³/mol. The Labute approximate surface area is 117 Å². The highest BCUT2D eigenvalue weighted by Gasteiger charge is 2.52. The van der Waals surface area contributed by atoms with Gasteiger partial charge < -0.3 is 9.31 Å². The molecule has 0 radical (unpaired) electrons. The third-order valence-corrected chi connectivity index (χ3v) is 4.01. The summed E-state index contributed by atoms with van der Waals surface area (Å²) < 4.78 is 52.4. The quantitative estimate of drug-likeness (QED) is 0.777. The predicted octanol–water partition coefficient (Wildman–Crippen LogP) is 3.24. The Morgan fingerprint density at radius 3 is 2.00 bits per heavy atom. The highest BCUT2D eigenvalue weighted by Crippen LogP contribution is 2.37. The highest BCUT2D eigenvalue weighted by atomic mass is 19.3. The van der Waals surface area contributed by atoms with E-state index in [0.29, 0.717) is 6.92 Å². The molecule has 6 heteroatoms. The Hall–Kier alpha value is -1.01. The number of rotatable bonds is 2. The maximum absolute atomic E-state index is 14.3. The van der Waals surface area contributed by atoms with Crippen molar-refractivity contribution in [3.05, 3.63) is 29.6 Å². The van der Waals surface area contributed by atoms with Crippen LogP contribution in [0.25, 0.3) is 0 Å². The first kappa shape index (κ1) is 15.4. The molecule has 0 atom stereocenters. The van der Waals surface area contributed by atoms with Gasteiger partial charge in [0.25, 0.3) is 5.92 Å². The van der Waals surface area contributed by atoms with E-state index in [1.807, 2.05) is 27.7 Å². The summed E-state index contributed by atoms with van der Waals surface area (Å²) in [7, 11) is -0.984. The molecule has 1 aromatic carbocycles.